The van der Waals surface area contributed by atoms with Gasteiger partial charge in [0.2, 0.25) is 5.88 Å². The lowest BCUT2D eigenvalue weighted by Crippen LogP contribution is -2.34. The van der Waals surface area contributed by atoms with E-state index in [4.69, 9.17) is 0 Å². The molecule has 1 rings (SSSR count). The van der Waals surface area contributed by atoms with E-state index in [1.807, 2.05) is 0 Å². The zero-order chi connectivity index (χ0) is 13.4. The van der Waals surface area contributed by atoms with E-state index in [2.05, 4.69) is 9.84 Å². The molecule has 0 aliphatic heterocycles. The molecule has 17 heavy (non-hydrogen) atoms. The van der Waals surface area contributed by atoms with Crippen molar-refractivity contribution in [1.29, 1.82) is 0 Å². The second-order valence-corrected chi connectivity index (χ2v) is 3.19. The minimum atomic E-state index is -5.76. The zero-order valence-electron chi connectivity index (χ0n) is 8.68. The third kappa shape index (κ3) is 2.08. The molecule has 4 nitrogen and oxygen atoms in total. The Hall–Kier alpha value is -1.67. The van der Waals surface area contributed by atoms with E-state index in [0.29, 0.717) is 4.68 Å². The molecule has 0 aliphatic carbocycles. The van der Waals surface area contributed by atoms with Crippen LogP contribution in [0.1, 0.15) is 11.3 Å². The number of aromatic nitrogens is 2. The fraction of sp³-hybridized carbons (Fsp3) is 0.500. The molecule has 0 radical (unpaired) electrons. The second kappa shape index (κ2) is 3.97. The highest BCUT2D eigenvalue weighted by Gasteiger charge is 2.61. The molecule has 0 saturated carbocycles. The van der Waals surface area contributed by atoms with Gasteiger partial charge in [-0.3, -0.25) is 4.79 Å². The van der Waals surface area contributed by atoms with Crippen LogP contribution in [0.4, 0.5) is 22.0 Å². The van der Waals surface area contributed by atoms with Gasteiger partial charge in [0.25, 0.3) is 6.47 Å². The number of halogens is 5. The Morgan fingerprint density at radius 3 is 2.24 bits per heavy atom. The monoisotopic (exact) mass is 258 g/mol. The largest absolute Gasteiger partial charge is 0.459 e. The summed E-state index contributed by atoms with van der Waals surface area (Å²) in [6.07, 6.45) is -5.76. The van der Waals surface area contributed by atoms with Gasteiger partial charge in [0, 0.05) is 12.6 Å². The predicted octanol–water partition coefficient (Wildman–Crippen LogP) is 1.92. The molecule has 0 bridgehead atoms. The number of nitrogens with zero attached hydrogens (tertiary/aromatic N) is 2. The number of hydrogen-bond donors (Lipinski definition) is 0. The van der Waals surface area contributed by atoms with Crippen molar-refractivity contribution in [2.45, 2.75) is 19.0 Å². The Kier molecular flexibility index (Phi) is 3.13. The fourth-order valence-corrected chi connectivity index (χ4v) is 1.26. The smallest absolute Gasteiger partial charge is 0.410 e. The Morgan fingerprint density at radius 1 is 1.29 bits per heavy atom. The summed E-state index contributed by atoms with van der Waals surface area (Å²) in [5.41, 5.74) is -2.02. The normalized spacial score (nSPS) is 12.6. The SMILES string of the molecule is Cc1c(C(F)(F)C(F)(F)F)nn(C)c1OC=O. The summed E-state index contributed by atoms with van der Waals surface area (Å²) in [4.78, 5) is 10.1. The van der Waals surface area contributed by atoms with Gasteiger partial charge in [0.1, 0.15) is 5.69 Å². The van der Waals surface area contributed by atoms with Crippen molar-refractivity contribution < 1.29 is 31.5 Å². The molecule has 0 aliphatic rings. The summed E-state index contributed by atoms with van der Waals surface area (Å²) in [7, 11) is 1.09. The Balaban J connectivity index is 3.34. The molecule has 1 aromatic rings. The molecule has 0 amide bonds. The van der Waals surface area contributed by atoms with Crippen LogP contribution in [-0.2, 0) is 17.8 Å². The summed E-state index contributed by atoms with van der Waals surface area (Å²) in [6, 6.07) is 0. The van der Waals surface area contributed by atoms with Crippen LogP contribution in [-0.4, -0.2) is 22.4 Å². The van der Waals surface area contributed by atoms with E-state index >= 15 is 0 Å². The molecule has 0 saturated heterocycles. The van der Waals surface area contributed by atoms with E-state index < -0.39 is 29.2 Å². The first-order valence-corrected chi connectivity index (χ1v) is 4.21. The molecule has 0 aromatic carbocycles. The van der Waals surface area contributed by atoms with Gasteiger partial charge in [-0.1, -0.05) is 0 Å². The first-order chi connectivity index (χ1) is 7.63. The topological polar surface area (TPSA) is 44.1 Å². The van der Waals surface area contributed by atoms with Gasteiger partial charge in [-0.2, -0.15) is 27.1 Å². The fourth-order valence-electron chi connectivity index (χ4n) is 1.26. The minimum Gasteiger partial charge on any atom is -0.410 e. The maximum Gasteiger partial charge on any atom is 0.459 e. The van der Waals surface area contributed by atoms with Gasteiger partial charge in [-0.05, 0) is 6.92 Å². The third-order valence-electron chi connectivity index (χ3n) is 2.03. The van der Waals surface area contributed by atoms with Gasteiger partial charge in [-0.25, -0.2) is 4.68 Å². The van der Waals surface area contributed by atoms with E-state index in [1.165, 1.54) is 0 Å². The molecular weight excluding hydrogens is 251 g/mol. The third-order valence-corrected chi connectivity index (χ3v) is 2.03. The lowest BCUT2D eigenvalue weighted by atomic mass is 10.1. The molecule has 0 spiro atoms. The summed E-state index contributed by atoms with van der Waals surface area (Å²) in [6.45, 7) is 0.875. The van der Waals surface area contributed by atoms with Crippen molar-refractivity contribution >= 4 is 6.47 Å². The number of carbonyl (C=O) groups is 1. The molecule has 0 atom stereocenters. The predicted molar refractivity (Wildman–Crippen MR) is 44.6 cm³/mol. The van der Waals surface area contributed by atoms with Gasteiger partial charge in [-0.15, -0.1) is 0 Å². The molecule has 9 heteroatoms. The molecular formula is C8H7F5N2O2. The molecule has 1 heterocycles. The van der Waals surface area contributed by atoms with E-state index in [-0.39, 0.29) is 6.47 Å². The van der Waals surface area contributed by atoms with Crippen LogP contribution in [0.25, 0.3) is 0 Å². The maximum absolute atomic E-state index is 13.0. The maximum atomic E-state index is 13.0. The van der Waals surface area contributed by atoms with Crippen LogP contribution >= 0.6 is 0 Å². The standard InChI is InChI=1S/C8H7F5N2O2/c1-4-5(7(9,10)8(11,12)13)14-15(2)6(4)17-3-16/h3H,1-2H3. The summed E-state index contributed by atoms with van der Waals surface area (Å²) >= 11 is 0. The summed E-state index contributed by atoms with van der Waals surface area (Å²) in [5, 5.41) is 3.03. The second-order valence-electron chi connectivity index (χ2n) is 3.19. The van der Waals surface area contributed by atoms with Crippen LogP contribution in [0.5, 0.6) is 5.88 Å². The molecule has 0 fully saturated rings. The average molecular weight is 258 g/mol. The van der Waals surface area contributed by atoms with Crippen molar-refractivity contribution in [2.24, 2.45) is 7.05 Å². The Bertz CT molecular complexity index is 438. The van der Waals surface area contributed by atoms with Gasteiger partial charge in [0.05, 0.1) is 0 Å². The van der Waals surface area contributed by atoms with Crippen LogP contribution in [0.2, 0.25) is 0 Å². The highest BCUT2D eigenvalue weighted by molar-refractivity contribution is 5.46. The highest BCUT2D eigenvalue weighted by Crippen LogP contribution is 2.45. The highest BCUT2D eigenvalue weighted by atomic mass is 19.4. The van der Waals surface area contributed by atoms with Gasteiger partial charge in [0.15, 0.2) is 0 Å². The first-order valence-electron chi connectivity index (χ1n) is 4.21. The zero-order valence-corrected chi connectivity index (χ0v) is 8.68. The summed E-state index contributed by atoms with van der Waals surface area (Å²) in [5.74, 6) is -5.56. The number of carbonyl (C=O) groups excluding carboxylic acids is 1. The summed E-state index contributed by atoms with van der Waals surface area (Å²) < 4.78 is 67.3. The van der Waals surface area contributed by atoms with Crippen molar-refractivity contribution in [3.8, 4) is 5.88 Å². The van der Waals surface area contributed by atoms with Crippen molar-refractivity contribution in [3.05, 3.63) is 11.3 Å². The van der Waals surface area contributed by atoms with Crippen molar-refractivity contribution in [1.82, 2.24) is 9.78 Å². The van der Waals surface area contributed by atoms with Gasteiger partial charge >= 0.3 is 12.1 Å². The number of hydrogen-bond acceptors (Lipinski definition) is 3. The molecule has 0 N–H and O–H groups in total. The lowest BCUT2D eigenvalue weighted by Gasteiger charge is -2.17. The van der Waals surface area contributed by atoms with Gasteiger partial charge < -0.3 is 4.74 Å². The molecule has 96 valence electrons. The minimum absolute atomic E-state index is 0.0838. The quantitative estimate of drug-likeness (QED) is 0.614. The average Bonchev–Trinajstić information content (AvgIpc) is 2.44. The van der Waals surface area contributed by atoms with E-state index in [0.717, 1.165) is 14.0 Å². The number of ether oxygens (including phenoxy) is 1. The lowest BCUT2D eigenvalue weighted by molar-refractivity contribution is -0.291. The van der Waals surface area contributed by atoms with Crippen LogP contribution in [0, 0.1) is 6.92 Å². The van der Waals surface area contributed by atoms with E-state index in [9.17, 15) is 26.7 Å². The van der Waals surface area contributed by atoms with Crippen LogP contribution in [0.3, 0.4) is 0 Å². The number of rotatable bonds is 3. The van der Waals surface area contributed by atoms with Crippen molar-refractivity contribution in [2.75, 3.05) is 0 Å². The first kappa shape index (κ1) is 13.4. The number of aryl methyl sites for hydroxylation is 1. The van der Waals surface area contributed by atoms with Crippen LogP contribution in [0.15, 0.2) is 0 Å². The van der Waals surface area contributed by atoms with Crippen molar-refractivity contribution in [3.63, 3.8) is 0 Å². The molecule has 1 aromatic heterocycles. The van der Waals surface area contributed by atoms with E-state index in [1.54, 1.807) is 0 Å². The Labute approximate surface area is 92.0 Å². The van der Waals surface area contributed by atoms with Crippen LogP contribution < -0.4 is 4.74 Å². The Morgan fingerprint density at radius 2 is 1.82 bits per heavy atom. The molecule has 0 unspecified atom stereocenters. The number of alkyl halides is 5.